The fraction of sp³-hybridized carbons (Fsp3) is 0.300. The Morgan fingerprint density at radius 1 is 1.04 bits per heavy atom. The minimum Gasteiger partial charge on any atom is -0.339 e. The Labute approximate surface area is 161 Å². The predicted octanol–water partition coefficient (Wildman–Crippen LogP) is 3.05. The van der Waals surface area contributed by atoms with Crippen molar-refractivity contribution in [2.75, 3.05) is 24.7 Å². The summed E-state index contributed by atoms with van der Waals surface area (Å²) in [7, 11) is 0. The lowest BCUT2D eigenvalue weighted by atomic mass is 9.85. The highest BCUT2D eigenvalue weighted by atomic mass is 35.5. The highest BCUT2D eigenvalue weighted by molar-refractivity contribution is 6.30. The van der Waals surface area contributed by atoms with Gasteiger partial charge in [-0.15, -0.1) is 0 Å². The highest BCUT2D eigenvalue weighted by Gasteiger charge is 2.50. The summed E-state index contributed by atoms with van der Waals surface area (Å²) in [6.07, 6.45) is 1.05. The topological polar surface area (TPSA) is 52.7 Å². The van der Waals surface area contributed by atoms with Crippen molar-refractivity contribution >= 4 is 29.1 Å². The summed E-state index contributed by atoms with van der Waals surface area (Å²) in [6.45, 7) is 1.34. The van der Waals surface area contributed by atoms with Crippen LogP contribution in [0.4, 0.5) is 10.1 Å². The second kappa shape index (κ2) is 6.85. The van der Waals surface area contributed by atoms with Crippen LogP contribution in [-0.2, 0) is 4.79 Å². The van der Waals surface area contributed by atoms with E-state index < -0.39 is 5.54 Å². The minimum atomic E-state index is -0.700. The third-order valence-electron chi connectivity index (χ3n) is 5.44. The molecular weight excluding hydrogens is 369 g/mol. The van der Waals surface area contributed by atoms with E-state index >= 15 is 0 Å². The number of piperidine rings is 1. The standard InChI is InChI=1S/C20H19ClFN3O2/c21-15-3-1-14(2-4-15)18(26)24-11-9-20(10-12-24)19(27)23-13-25(20)17-7-5-16(22)6-8-17/h1-8H,9-13H2,(H,23,27). The maximum Gasteiger partial charge on any atom is 0.253 e. The van der Waals surface area contributed by atoms with Crippen molar-refractivity contribution in [2.45, 2.75) is 18.4 Å². The van der Waals surface area contributed by atoms with Crippen molar-refractivity contribution in [1.29, 1.82) is 0 Å². The van der Waals surface area contributed by atoms with Crippen LogP contribution in [-0.4, -0.2) is 42.0 Å². The van der Waals surface area contributed by atoms with Crippen LogP contribution in [0.5, 0.6) is 0 Å². The number of benzene rings is 2. The molecular formula is C20H19ClFN3O2. The first kappa shape index (κ1) is 17.8. The number of nitrogens with one attached hydrogen (secondary N) is 1. The van der Waals surface area contributed by atoms with Gasteiger partial charge in [0.2, 0.25) is 5.91 Å². The molecule has 4 rings (SSSR count). The molecule has 0 saturated carbocycles. The van der Waals surface area contributed by atoms with Crippen LogP contribution in [0, 0.1) is 5.82 Å². The van der Waals surface area contributed by atoms with Gasteiger partial charge in [-0.25, -0.2) is 4.39 Å². The molecule has 2 amide bonds. The fourth-order valence-corrected chi connectivity index (χ4v) is 4.03. The van der Waals surface area contributed by atoms with Crippen molar-refractivity contribution in [2.24, 2.45) is 0 Å². The number of nitrogens with zero attached hydrogens (tertiary/aromatic N) is 2. The molecule has 2 aliphatic rings. The molecule has 2 aliphatic heterocycles. The molecule has 1 spiro atoms. The molecule has 2 aromatic rings. The smallest absolute Gasteiger partial charge is 0.253 e. The van der Waals surface area contributed by atoms with Gasteiger partial charge in [-0.05, 0) is 61.4 Å². The molecule has 0 unspecified atom stereocenters. The molecule has 5 nitrogen and oxygen atoms in total. The summed E-state index contributed by atoms with van der Waals surface area (Å²) in [6, 6.07) is 13.0. The molecule has 2 heterocycles. The van der Waals surface area contributed by atoms with E-state index in [2.05, 4.69) is 5.32 Å². The summed E-state index contributed by atoms with van der Waals surface area (Å²) in [4.78, 5) is 29.1. The molecule has 2 fully saturated rings. The van der Waals surface area contributed by atoms with Gasteiger partial charge in [-0.3, -0.25) is 9.59 Å². The maximum atomic E-state index is 13.3. The Kier molecular flexibility index (Phi) is 4.52. The number of hydrogen-bond donors (Lipinski definition) is 1. The average molecular weight is 388 g/mol. The molecule has 2 aromatic carbocycles. The number of hydrogen-bond acceptors (Lipinski definition) is 3. The van der Waals surface area contributed by atoms with Gasteiger partial charge in [-0.1, -0.05) is 11.6 Å². The second-order valence-corrected chi connectivity index (χ2v) is 7.34. The molecule has 0 aromatic heterocycles. The number of amides is 2. The van der Waals surface area contributed by atoms with Crippen LogP contribution in [0.25, 0.3) is 0 Å². The van der Waals surface area contributed by atoms with Crippen molar-refractivity contribution in [1.82, 2.24) is 10.2 Å². The van der Waals surface area contributed by atoms with Crippen LogP contribution in [0.2, 0.25) is 5.02 Å². The van der Waals surface area contributed by atoms with E-state index in [-0.39, 0.29) is 17.6 Å². The van der Waals surface area contributed by atoms with Crippen LogP contribution in [0.3, 0.4) is 0 Å². The third kappa shape index (κ3) is 3.14. The van der Waals surface area contributed by atoms with Gasteiger partial charge >= 0.3 is 0 Å². The average Bonchev–Trinajstić information content (AvgIpc) is 2.99. The molecule has 2 saturated heterocycles. The summed E-state index contributed by atoms with van der Waals surface area (Å²) < 4.78 is 13.3. The van der Waals surface area contributed by atoms with Gasteiger partial charge in [0.05, 0.1) is 6.67 Å². The minimum absolute atomic E-state index is 0.0367. The highest BCUT2D eigenvalue weighted by Crippen LogP contribution is 2.36. The van der Waals surface area contributed by atoms with Gasteiger partial charge in [0.15, 0.2) is 0 Å². The Morgan fingerprint density at radius 2 is 1.67 bits per heavy atom. The summed E-state index contributed by atoms with van der Waals surface area (Å²) in [5.41, 5.74) is 0.683. The molecule has 0 atom stereocenters. The van der Waals surface area contributed by atoms with E-state index in [9.17, 15) is 14.0 Å². The lowest BCUT2D eigenvalue weighted by molar-refractivity contribution is -0.124. The normalized spacial score (nSPS) is 18.7. The second-order valence-electron chi connectivity index (χ2n) is 6.90. The largest absolute Gasteiger partial charge is 0.339 e. The van der Waals surface area contributed by atoms with Crippen molar-refractivity contribution in [3.05, 3.63) is 64.9 Å². The number of rotatable bonds is 2. The molecule has 140 valence electrons. The lowest BCUT2D eigenvalue weighted by Gasteiger charge is -2.43. The number of carbonyl (C=O) groups excluding carboxylic acids is 2. The van der Waals surface area contributed by atoms with Crippen LogP contribution in [0.1, 0.15) is 23.2 Å². The zero-order valence-electron chi connectivity index (χ0n) is 14.6. The Morgan fingerprint density at radius 3 is 2.30 bits per heavy atom. The Balaban J connectivity index is 1.52. The quantitative estimate of drug-likeness (QED) is 0.861. The SMILES string of the molecule is O=C(c1ccc(Cl)cc1)N1CCC2(CC1)C(=O)NCN2c1ccc(F)cc1. The van der Waals surface area contributed by atoms with E-state index in [4.69, 9.17) is 11.6 Å². The molecule has 0 bridgehead atoms. The summed E-state index contributed by atoms with van der Waals surface area (Å²) in [5.74, 6) is -0.409. The number of carbonyl (C=O) groups is 2. The van der Waals surface area contributed by atoms with E-state index in [0.717, 1.165) is 5.69 Å². The van der Waals surface area contributed by atoms with Crippen LogP contribution >= 0.6 is 11.6 Å². The molecule has 1 N–H and O–H groups in total. The third-order valence-corrected chi connectivity index (χ3v) is 5.70. The predicted molar refractivity (Wildman–Crippen MR) is 101 cm³/mol. The maximum absolute atomic E-state index is 13.3. The van der Waals surface area contributed by atoms with E-state index in [1.807, 2.05) is 4.90 Å². The molecule has 7 heteroatoms. The first-order valence-corrected chi connectivity index (χ1v) is 9.24. The molecule has 27 heavy (non-hydrogen) atoms. The van der Waals surface area contributed by atoms with Crippen LogP contribution < -0.4 is 10.2 Å². The van der Waals surface area contributed by atoms with Gasteiger partial charge in [0, 0.05) is 29.4 Å². The zero-order valence-corrected chi connectivity index (χ0v) is 15.4. The molecule has 0 aliphatic carbocycles. The summed E-state index contributed by atoms with van der Waals surface area (Å²) in [5, 5.41) is 3.49. The van der Waals surface area contributed by atoms with E-state index in [1.165, 1.54) is 12.1 Å². The van der Waals surface area contributed by atoms with E-state index in [0.29, 0.717) is 43.2 Å². The first-order valence-electron chi connectivity index (χ1n) is 8.86. The lowest BCUT2D eigenvalue weighted by Crippen LogP contribution is -2.57. The van der Waals surface area contributed by atoms with Crippen molar-refractivity contribution < 1.29 is 14.0 Å². The Bertz CT molecular complexity index is 862. The zero-order chi connectivity index (χ0) is 19.0. The first-order chi connectivity index (χ1) is 13.0. The van der Waals surface area contributed by atoms with E-state index in [1.54, 1.807) is 41.3 Å². The monoisotopic (exact) mass is 387 g/mol. The van der Waals surface area contributed by atoms with Gasteiger partial charge < -0.3 is 15.1 Å². The summed E-state index contributed by atoms with van der Waals surface area (Å²) >= 11 is 5.89. The van der Waals surface area contributed by atoms with Gasteiger partial charge in [0.25, 0.3) is 5.91 Å². The number of halogens is 2. The number of likely N-dealkylation sites (tertiary alicyclic amines) is 1. The van der Waals surface area contributed by atoms with Crippen molar-refractivity contribution in [3.8, 4) is 0 Å². The van der Waals surface area contributed by atoms with Crippen LogP contribution in [0.15, 0.2) is 48.5 Å². The van der Waals surface area contributed by atoms with Gasteiger partial charge in [0.1, 0.15) is 11.4 Å². The molecule has 0 radical (unpaired) electrons. The Hall–Kier alpha value is -2.60. The van der Waals surface area contributed by atoms with Crippen molar-refractivity contribution in [3.63, 3.8) is 0 Å². The van der Waals surface area contributed by atoms with Gasteiger partial charge in [-0.2, -0.15) is 0 Å². The fourth-order valence-electron chi connectivity index (χ4n) is 3.90. The number of anilines is 1.